The number of benzene rings is 2. The van der Waals surface area contributed by atoms with Gasteiger partial charge in [0.15, 0.2) is 5.78 Å². The molecule has 0 spiro atoms. The number of nitrogens with one attached hydrogen (secondary N) is 1. The Morgan fingerprint density at radius 2 is 1.85 bits per heavy atom. The summed E-state index contributed by atoms with van der Waals surface area (Å²) in [5.41, 5.74) is 1.43. The molecule has 2 nitrogen and oxygen atoms in total. The van der Waals surface area contributed by atoms with E-state index in [4.69, 9.17) is 11.6 Å². The highest BCUT2D eigenvalue weighted by Crippen LogP contribution is 2.15. The largest absolute Gasteiger partial charge is 0.303 e. The summed E-state index contributed by atoms with van der Waals surface area (Å²) in [5.74, 6) is -0.421. The van der Waals surface area contributed by atoms with Crippen LogP contribution in [0.2, 0.25) is 5.02 Å². The van der Waals surface area contributed by atoms with Gasteiger partial charge >= 0.3 is 0 Å². The topological polar surface area (TPSA) is 29.1 Å². The molecule has 0 aliphatic carbocycles. The van der Waals surface area contributed by atoms with E-state index in [-0.39, 0.29) is 17.6 Å². The maximum Gasteiger partial charge on any atom is 0.179 e. The number of ketones is 1. The number of rotatable bonds is 5. The van der Waals surface area contributed by atoms with Crippen LogP contribution in [-0.4, -0.2) is 11.8 Å². The minimum absolute atomic E-state index is 0.0722. The molecule has 0 fully saturated rings. The van der Waals surface area contributed by atoms with Gasteiger partial charge in [0.2, 0.25) is 0 Å². The second-order valence-corrected chi connectivity index (χ2v) is 4.97. The molecule has 2 rings (SSSR count). The van der Waals surface area contributed by atoms with E-state index in [1.807, 2.05) is 24.3 Å². The lowest BCUT2D eigenvalue weighted by atomic mass is 10.1. The van der Waals surface area contributed by atoms with Crippen molar-refractivity contribution in [1.29, 1.82) is 0 Å². The predicted molar refractivity (Wildman–Crippen MR) is 78.5 cm³/mol. The van der Waals surface area contributed by atoms with Crippen LogP contribution in [-0.2, 0) is 6.54 Å². The summed E-state index contributed by atoms with van der Waals surface area (Å²) in [6, 6.07) is 12.7. The Morgan fingerprint density at radius 3 is 2.50 bits per heavy atom. The lowest BCUT2D eigenvalue weighted by Gasteiger charge is -2.13. The van der Waals surface area contributed by atoms with Gasteiger partial charge in [-0.1, -0.05) is 29.8 Å². The molecule has 0 radical (unpaired) electrons. The number of hydrogen-bond acceptors (Lipinski definition) is 2. The Hall–Kier alpha value is -1.71. The van der Waals surface area contributed by atoms with E-state index in [2.05, 4.69) is 5.32 Å². The van der Waals surface area contributed by atoms with E-state index in [0.717, 1.165) is 5.56 Å². The smallest absolute Gasteiger partial charge is 0.179 e. The molecule has 0 aliphatic rings. The van der Waals surface area contributed by atoms with Crippen molar-refractivity contribution in [1.82, 2.24) is 5.32 Å². The Balaban J connectivity index is 1.98. The zero-order valence-electron chi connectivity index (χ0n) is 11.1. The molecule has 1 N–H and O–H groups in total. The average Bonchev–Trinajstić information content (AvgIpc) is 2.46. The lowest BCUT2D eigenvalue weighted by molar-refractivity contribution is 0.0950. The van der Waals surface area contributed by atoms with Gasteiger partial charge in [0.05, 0.1) is 6.04 Å². The van der Waals surface area contributed by atoms with Crippen molar-refractivity contribution in [2.24, 2.45) is 0 Å². The fourth-order valence-corrected chi connectivity index (χ4v) is 2.06. The van der Waals surface area contributed by atoms with E-state index in [1.54, 1.807) is 6.92 Å². The van der Waals surface area contributed by atoms with Crippen molar-refractivity contribution in [3.63, 3.8) is 0 Å². The Kier molecular flexibility index (Phi) is 4.88. The molecule has 2 aromatic rings. The number of hydrogen-bond donors (Lipinski definition) is 1. The van der Waals surface area contributed by atoms with Gasteiger partial charge in [-0.3, -0.25) is 4.79 Å². The third-order valence-corrected chi connectivity index (χ3v) is 3.45. The predicted octanol–water partition coefficient (Wildman–Crippen LogP) is 3.84. The molecule has 20 heavy (non-hydrogen) atoms. The molecule has 0 saturated carbocycles. The summed E-state index contributed by atoms with van der Waals surface area (Å²) >= 11 is 6.06. The molecule has 0 aromatic heterocycles. The molecule has 1 unspecified atom stereocenters. The van der Waals surface area contributed by atoms with E-state index in [1.165, 1.54) is 24.3 Å². The van der Waals surface area contributed by atoms with E-state index >= 15 is 0 Å². The van der Waals surface area contributed by atoms with Crippen molar-refractivity contribution in [3.8, 4) is 0 Å². The van der Waals surface area contributed by atoms with Gasteiger partial charge in [-0.2, -0.15) is 0 Å². The third-order valence-electron chi connectivity index (χ3n) is 3.08. The van der Waals surface area contributed by atoms with Crippen LogP contribution < -0.4 is 5.32 Å². The molecule has 1 atom stereocenters. The monoisotopic (exact) mass is 291 g/mol. The highest BCUT2D eigenvalue weighted by molar-refractivity contribution is 6.31. The first-order chi connectivity index (χ1) is 9.58. The molecule has 0 aliphatic heterocycles. The van der Waals surface area contributed by atoms with E-state index in [0.29, 0.717) is 17.1 Å². The van der Waals surface area contributed by atoms with Crippen LogP contribution in [0.5, 0.6) is 0 Å². The second-order valence-electron chi connectivity index (χ2n) is 4.57. The standard InChI is InChI=1S/C16H15ClFNO/c1-11(16(20)12-6-8-14(18)9-7-12)19-10-13-4-2-3-5-15(13)17/h2-9,11,19H,10H2,1H3. The van der Waals surface area contributed by atoms with Crippen LogP contribution in [0.25, 0.3) is 0 Å². The van der Waals surface area contributed by atoms with E-state index in [9.17, 15) is 9.18 Å². The molecule has 0 heterocycles. The van der Waals surface area contributed by atoms with Crippen LogP contribution in [0, 0.1) is 5.82 Å². The summed E-state index contributed by atoms with van der Waals surface area (Å²) < 4.78 is 12.8. The molecule has 0 saturated heterocycles. The molecule has 4 heteroatoms. The highest BCUT2D eigenvalue weighted by atomic mass is 35.5. The SMILES string of the molecule is CC(NCc1ccccc1Cl)C(=O)c1ccc(F)cc1. The van der Waals surface area contributed by atoms with Crippen LogP contribution >= 0.6 is 11.6 Å². The van der Waals surface area contributed by atoms with Gasteiger partial charge < -0.3 is 5.32 Å². The van der Waals surface area contributed by atoms with Gasteiger partial charge in [0.25, 0.3) is 0 Å². The van der Waals surface area contributed by atoms with Gasteiger partial charge in [-0.05, 0) is 42.8 Å². The Bertz CT molecular complexity index is 598. The second kappa shape index (κ2) is 6.64. The molecular formula is C16H15ClFNO. The minimum atomic E-state index is -0.364. The number of carbonyl (C=O) groups is 1. The summed E-state index contributed by atoms with van der Waals surface area (Å²) in [4.78, 5) is 12.1. The molecule has 0 amide bonds. The average molecular weight is 292 g/mol. The van der Waals surface area contributed by atoms with Crippen molar-refractivity contribution < 1.29 is 9.18 Å². The van der Waals surface area contributed by atoms with Gasteiger partial charge in [-0.15, -0.1) is 0 Å². The van der Waals surface area contributed by atoms with Gasteiger partial charge in [-0.25, -0.2) is 4.39 Å². The summed E-state index contributed by atoms with van der Waals surface area (Å²) in [6.07, 6.45) is 0. The normalized spacial score (nSPS) is 12.2. The van der Waals surface area contributed by atoms with Crippen molar-refractivity contribution >= 4 is 17.4 Å². The van der Waals surface area contributed by atoms with Crippen LogP contribution in [0.4, 0.5) is 4.39 Å². The molecule has 104 valence electrons. The number of carbonyl (C=O) groups excluding carboxylic acids is 1. The first-order valence-corrected chi connectivity index (χ1v) is 6.72. The summed E-state index contributed by atoms with van der Waals surface area (Å²) in [7, 11) is 0. The van der Waals surface area contributed by atoms with Crippen LogP contribution in [0.1, 0.15) is 22.8 Å². The molecular weight excluding hydrogens is 277 g/mol. The third kappa shape index (κ3) is 3.65. The quantitative estimate of drug-likeness (QED) is 0.848. The summed E-state index contributed by atoms with van der Waals surface area (Å²) in [5, 5.41) is 3.79. The van der Waals surface area contributed by atoms with E-state index < -0.39 is 0 Å². The van der Waals surface area contributed by atoms with Crippen molar-refractivity contribution in [3.05, 3.63) is 70.5 Å². The van der Waals surface area contributed by atoms with Gasteiger partial charge in [0, 0.05) is 17.1 Å². The lowest BCUT2D eigenvalue weighted by Crippen LogP contribution is -2.33. The first-order valence-electron chi connectivity index (χ1n) is 6.34. The summed E-state index contributed by atoms with van der Waals surface area (Å²) in [6.45, 7) is 2.29. The zero-order valence-corrected chi connectivity index (χ0v) is 11.8. The molecule has 0 bridgehead atoms. The maximum atomic E-state index is 12.8. The number of Topliss-reactive ketones (excluding diaryl/α,β-unsaturated/α-hetero) is 1. The maximum absolute atomic E-state index is 12.8. The van der Waals surface area contributed by atoms with Crippen molar-refractivity contribution in [2.75, 3.05) is 0 Å². The fraction of sp³-hybridized carbons (Fsp3) is 0.188. The molecule has 2 aromatic carbocycles. The highest BCUT2D eigenvalue weighted by Gasteiger charge is 2.14. The minimum Gasteiger partial charge on any atom is -0.303 e. The van der Waals surface area contributed by atoms with Crippen LogP contribution in [0.15, 0.2) is 48.5 Å². The first kappa shape index (κ1) is 14.7. The fourth-order valence-electron chi connectivity index (χ4n) is 1.86. The van der Waals surface area contributed by atoms with Crippen LogP contribution in [0.3, 0.4) is 0 Å². The Labute approximate surface area is 122 Å². The number of halogens is 2. The van der Waals surface area contributed by atoms with Gasteiger partial charge in [0.1, 0.15) is 5.82 Å². The Morgan fingerprint density at radius 1 is 1.20 bits per heavy atom. The van der Waals surface area contributed by atoms with Crippen molar-refractivity contribution in [2.45, 2.75) is 19.5 Å². The zero-order chi connectivity index (χ0) is 14.5.